The highest BCUT2D eigenvalue weighted by Crippen LogP contribution is 2.46. The van der Waals surface area contributed by atoms with E-state index in [0.717, 1.165) is 37.5 Å². The summed E-state index contributed by atoms with van der Waals surface area (Å²) < 4.78 is 5.97. The van der Waals surface area contributed by atoms with Crippen molar-refractivity contribution < 1.29 is 9.21 Å². The molecule has 0 bridgehead atoms. The minimum Gasteiger partial charge on any atom is -0.425 e. The Bertz CT molecular complexity index is 906. The van der Waals surface area contributed by atoms with Crippen LogP contribution in [-0.2, 0) is 5.41 Å². The van der Waals surface area contributed by atoms with Crippen molar-refractivity contribution in [2.75, 3.05) is 26.2 Å². The molecule has 1 saturated carbocycles. The second-order valence-electron chi connectivity index (χ2n) is 9.10. The molecule has 154 valence electrons. The summed E-state index contributed by atoms with van der Waals surface area (Å²) in [6.07, 6.45) is 9.54. The summed E-state index contributed by atoms with van der Waals surface area (Å²) in [4.78, 5) is 22.0. The highest BCUT2D eigenvalue weighted by molar-refractivity contribution is 5.94. The third kappa shape index (κ3) is 3.25. The molecule has 1 aliphatic carbocycles. The fraction of sp³-hybridized carbons (Fsp3) is 0.636. The molecule has 2 saturated heterocycles. The molecule has 3 fully saturated rings. The second kappa shape index (κ2) is 7.20. The van der Waals surface area contributed by atoms with Crippen LogP contribution < -0.4 is 0 Å². The number of hydrogen-bond acceptors (Lipinski definition) is 6. The van der Waals surface area contributed by atoms with Crippen molar-refractivity contribution in [3.05, 3.63) is 41.4 Å². The molecular weight excluding hydrogens is 366 g/mol. The number of fused-ring (bicyclic) bond motifs is 1. The number of pyridine rings is 1. The van der Waals surface area contributed by atoms with Crippen molar-refractivity contribution in [2.24, 2.45) is 5.92 Å². The quantitative estimate of drug-likeness (QED) is 0.795. The van der Waals surface area contributed by atoms with Crippen LogP contribution in [0, 0.1) is 19.8 Å². The summed E-state index contributed by atoms with van der Waals surface area (Å²) in [5.74, 6) is 1.79. The van der Waals surface area contributed by atoms with E-state index in [4.69, 9.17) is 4.42 Å². The zero-order valence-electron chi connectivity index (χ0n) is 17.3. The second-order valence-corrected chi connectivity index (χ2v) is 9.10. The summed E-state index contributed by atoms with van der Waals surface area (Å²) in [5.41, 5.74) is 1.56. The molecule has 0 unspecified atom stereocenters. The predicted octanol–water partition coefficient (Wildman–Crippen LogP) is 2.74. The van der Waals surface area contributed by atoms with Gasteiger partial charge in [0.2, 0.25) is 11.8 Å². The van der Waals surface area contributed by atoms with E-state index in [0.29, 0.717) is 30.0 Å². The SMILES string of the molecule is Cc1cncc(C(=O)N2CC[C@]3(c4nnc(C)o4)CN(C4CCCC4)C[C@@H]3C2)c1. The van der Waals surface area contributed by atoms with Crippen LogP contribution in [-0.4, -0.2) is 63.1 Å². The van der Waals surface area contributed by atoms with Gasteiger partial charge in [0, 0.05) is 57.5 Å². The molecular formula is C22H29N5O2. The van der Waals surface area contributed by atoms with E-state index in [1.165, 1.54) is 25.7 Å². The van der Waals surface area contributed by atoms with Gasteiger partial charge in [-0.2, -0.15) is 0 Å². The van der Waals surface area contributed by atoms with E-state index in [2.05, 4.69) is 20.1 Å². The summed E-state index contributed by atoms with van der Waals surface area (Å²) in [6.45, 7) is 7.25. The van der Waals surface area contributed by atoms with E-state index in [1.54, 1.807) is 12.4 Å². The van der Waals surface area contributed by atoms with Crippen LogP contribution in [0.1, 0.15) is 59.8 Å². The largest absolute Gasteiger partial charge is 0.425 e. The third-order valence-corrected chi connectivity index (χ3v) is 7.19. The maximum absolute atomic E-state index is 13.1. The monoisotopic (exact) mass is 395 g/mol. The fourth-order valence-electron chi connectivity index (χ4n) is 5.65. The van der Waals surface area contributed by atoms with Crippen molar-refractivity contribution >= 4 is 5.91 Å². The topological polar surface area (TPSA) is 75.4 Å². The van der Waals surface area contributed by atoms with Crippen LogP contribution >= 0.6 is 0 Å². The van der Waals surface area contributed by atoms with Crippen molar-refractivity contribution in [1.29, 1.82) is 0 Å². The molecule has 0 aromatic carbocycles. The maximum atomic E-state index is 13.1. The Morgan fingerprint density at radius 2 is 2.00 bits per heavy atom. The Hall–Kier alpha value is -2.28. The van der Waals surface area contributed by atoms with Crippen molar-refractivity contribution in [3.8, 4) is 0 Å². The molecule has 2 aromatic heterocycles. The van der Waals surface area contributed by atoms with Gasteiger partial charge < -0.3 is 9.32 Å². The number of carbonyl (C=O) groups excluding carboxylic acids is 1. The molecule has 0 N–H and O–H groups in total. The van der Waals surface area contributed by atoms with E-state index in [1.807, 2.05) is 24.8 Å². The molecule has 0 radical (unpaired) electrons. The minimum atomic E-state index is -0.133. The van der Waals surface area contributed by atoms with Gasteiger partial charge >= 0.3 is 0 Å². The Labute approximate surface area is 171 Å². The average molecular weight is 396 g/mol. The van der Waals surface area contributed by atoms with E-state index in [9.17, 15) is 4.79 Å². The van der Waals surface area contributed by atoms with Gasteiger partial charge in [-0.05, 0) is 37.8 Å². The van der Waals surface area contributed by atoms with Gasteiger partial charge in [0.05, 0.1) is 11.0 Å². The van der Waals surface area contributed by atoms with Gasteiger partial charge in [-0.25, -0.2) is 0 Å². The molecule has 7 nitrogen and oxygen atoms in total. The number of carbonyl (C=O) groups is 1. The number of likely N-dealkylation sites (tertiary alicyclic amines) is 2. The zero-order chi connectivity index (χ0) is 20.0. The standard InChI is InChI=1S/C22H29N5O2/c1-15-9-17(11-23-10-15)20(28)26-8-7-22(21-25-24-16(2)29-21)14-27(13-18(22)12-26)19-5-3-4-6-19/h9-11,18-19H,3-8,12-14H2,1-2H3/t18-,22-/m0/s1. The van der Waals surface area contributed by atoms with Gasteiger partial charge in [0.25, 0.3) is 5.91 Å². The molecule has 0 spiro atoms. The van der Waals surface area contributed by atoms with Crippen molar-refractivity contribution in [1.82, 2.24) is 25.0 Å². The van der Waals surface area contributed by atoms with Crippen LogP contribution in [0.25, 0.3) is 0 Å². The molecule has 5 rings (SSSR count). The molecule has 4 heterocycles. The Kier molecular flexibility index (Phi) is 4.65. The average Bonchev–Trinajstić information content (AvgIpc) is 3.46. The van der Waals surface area contributed by atoms with Crippen LogP contribution in [0.5, 0.6) is 0 Å². The van der Waals surface area contributed by atoms with Crippen molar-refractivity contribution in [3.63, 3.8) is 0 Å². The van der Waals surface area contributed by atoms with Crippen molar-refractivity contribution in [2.45, 2.75) is 57.4 Å². The first-order chi connectivity index (χ1) is 14.0. The third-order valence-electron chi connectivity index (χ3n) is 7.19. The summed E-state index contributed by atoms with van der Waals surface area (Å²) in [6, 6.07) is 2.59. The Balaban J connectivity index is 1.42. The molecule has 7 heteroatoms. The van der Waals surface area contributed by atoms with Gasteiger partial charge in [0.1, 0.15) is 0 Å². The van der Waals surface area contributed by atoms with Gasteiger partial charge in [-0.15, -0.1) is 10.2 Å². The lowest BCUT2D eigenvalue weighted by Crippen LogP contribution is -2.51. The summed E-state index contributed by atoms with van der Waals surface area (Å²) >= 11 is 0. The van der Waals surface area contributed by atoms with Crippen LogP contribution in [0.2, 0.25) is 0 Å². The molecule has 1 amide bonds. The Morgan fingerprint density at radius 3 is 2.72 bits per heavy atom. The van der Waals surface area contributed by atoms with Crippen LogP contribution in [0.4, 0.5) is 0 Å². The minimum absolute atomic E-state index is 0.0795. The number of rotatable bonds is 3. The smallest absolute Gasteiger partial charge is 0.255 e. The highest BCUT2D eigenvalue weighted by Gasteiger charge is 2.55. The molecule has 2 aromatic rings. The van der Waals surface area contributed by atoms with Gasteiger partial charge in [-0.3, -0.25) is 14.7 Å². The van der Waals surface area contributed by atoms with Gasteiger partial charge in [0.15, 0.2) is 0 Å². The van der Waals surface area contributed by atoms with E-state index < -0.39 is 0 Å². The lowest BCUT2D eigenvalue weighted by atomic mass is 9.72. The van der Waals surface area contributed by atoms with Gasteiger partial charge in [-0.1, -0.05) is 12.8 Å². The number of aromatic nitrogens is 3. The number of aryl methyl sites for hydroxylation is 2. The first-order valence-electron chi connectivity index (χ1n) is 10.8. The number of hydrogen-bond donors (Lipinski definition) is 0. The maximum Gasteiger partial charge on any atom is 0.255 e. The molecule has 3 aliphatic rings. The molecule has 2 atom stereocenters. The predicted molar refractivity (Wildman–Crippen MR) is 108 cm³/mol. The molecule has 29 heavy (non-hydrogen) atoms. The first-order valence-corrected chi connectivity index (χ1v) is 10.8. The number of piperidine rings is 1. The first kappa shape index (κ1) is 18.7. The lowest BCUT2D eigenvalue weighted by Gasteiger charge is -2.41. The van der Waals surface area contributed by atoms with Crippen LogP contribution in [0.15, 0.2) is 22.9 Å². The van der Waals surface area contributed by atoms with E-state index >= 15 is 0 Å². The normalized spacial score (nSPS) is 28.1. The fourth-order valence-corrected chi connectivity index (χ4v) is 5.65. The summed E-state index contributed by atoms with van der Waals surface area (Å²) in [5, 5.41) is 8.57. The zero-order valence-corrected chi connectivity index (χ0v) is 17.3. The van der Waals surface area contributed by atoms with E-state index in [-0.39, 0.29) is 11.3 Å². The number of amides is 1. The summed E-state index contributed by atoms with van der Waals surface area (Å²) in [7, 11) is 0. The molecule has 2 aliphatic heterocycles. The van der Waals surface area contributed by atoms with Crippen LogP contribution in [0.3, 0.4) is 0 Å². The Morgan fingerprint density at radius 1 is 1.17 bits per heavy atom. The lowest BCUT2D eigenvalue weighted by molar-refractivity contribution is 0.0567. The highest BCUT2D eigenvalue weighted by atomic mass is 16.4. The number of nitrogens with zero attached hydrogens (tertiary/aromatic N) is 5.